The van der Waals surface area contributed by atoms with Crippen molar-refractivity contribution < 1.29 is 4.39 Å². The standard InChI is InChI=1S/C16H27FN2/c1-4-6-12-19(13(3)5-2)16-9-7-8-15(17)14(16)10-11-18/h7-9,13H,4-6,10-12,18H2,1-3H3. The summed E-state index contributed by atoms with van der Waals surface area (Å²) < 4.78 is 14.0. The molecule has 0 aliphatic carbocycles. The van der Waals surface area contributed by atoms with Crippen molar-refractivity contribution in [3.8, 4) is 0 Å². The molecular weight excluding hydrogens is 239 g/mol. The lowest BCUT2D eigenvalue weighted by Gasteiger charge is -2.32. The van der Waals surface area contributed by atoms with Crippen molar-refractivity contribution in [2.24, 2.45) is 5.73 Å². The highest BCUT2D eigenvalue weighted by molar-refractivity contribution is 5.55. The second-order valence-corrected chi connectivity index (χ2v) is 5.08. The molecule has 19 heavy (non-hydrogen) atoms. The van der Waals surface area contributed by atoms with Gasteiger partial charge in [-0.25, -0.2) is 4.39 Å². The maximum atomic E-state index is 14.0. The van der Waals surface area contributed by atoms with Gasteiger partial charge >= 0.3 is 0 Å². The van der Waals surface area contributed by atoms with Gasteiger partial charge in [-0.3, -0.25) is 0 Å². The lowest BCUT2D eigenvalue weighted by Crippen LogP contribution is -2.34. The largest absolute Gasteiger partial charge is 0.369 e. The van der Waals surface area contributed by atoms with Crippen molar-refractivity contribution in [1.29, 1.82) is 0 Å². The predicted octanol–water partition coefficient (Wildman–Crippen LogP) is 3.73. The second-order valence-electron chi connectivity index (χ2n) is 5.08. The van der Waals surface area contributed by atoms with Gasteiger partial charge in [-0.1, -0.05) is 26.3 Å². The average molecular weight is 266 g/mol. The number of anilines is 1. The average Bonchev–Trinajstić information content (AvgIpc) is 2.42. The SMILES string of the molecule is CCCCN(c1cccc(F)c1CCN)C(C)CC. The van der Waals surface area contributed by atoms with E-state index in [9.17, 15) is 4.39 Å². The summed E-state index contributed by atoms with van der Waals surface area (Å²) in [5.41, 5.74) is 7.41. The first-order valence-electron chi connectivity index (χ1n) is 7.39. The third-order valence-electron chi connectivity index (χ3n) is 3.67. The van der Waals surface area contributed by atoms with E-state index in [0.717, 1.165) is 37.1 Å². The molecular formula is C16H27FN2. The first-order valence-corrected chi connectivity index (χ1v) is 7.39. The Morgan fingerprint density at radius 2 is 2.05 bits per heavy atom. The van der Waals surface area contributed by atoms with E-state index in [1.807, 2.05) is 6.07 Å². The molecule has 0 saturated carbocycles. The molecule has 3 heteroatoms. The van der Waals surface area contributed by atoms with Crippen LogP contribution < -0.4 is 10.6 Å². The first-order chi connectivity index (χ1) is 9.15. The van der Waals surface area contributed by atoms with Gasteiger partial charge in [0.2, 0.25) is 0 Å². The summed E-state index contributed by atoms with van der Waals surface area (Å²) in [6.45, 7) is 8.02. The van der Waals surface area contributed by atoms with E-state index in [0.29, 0.717) is 19.0 Å². The van der Waals surface area contributed by atoms with Crippen molar-refractivity contribution in [1.82, 2.24) is 0 Å². The Kier molecular flexibility index (Phi) is 6.85. The Balaban J connectivity index is 3.09. The molecule has 0 fully saturated rings. The van der Waals surface area contributed by atoms with Gasteiger partial charge in [0, 0.05) is 23.8 Å². The number of halogens is 1. The summed E-state index contributed by atoms with van der Waals surface area (Å²) in [4.78, 5) is 2.33. The van der Waals surface area contributed by atoms with Crippen molar-refractivity contribution in [3.63, 3.8) is 0 Å². The van der Waals surface area contributed by atoms with Crippen molar-refractivity contribution in [2.45, 2.75) is 52.5 Å². The van der Waals surface area contributed by atoms with Gasteiger partial charge in [0.25, 0.3) is 0 Å². The molecule has 1 rings (SSSR count). The fourth-order valence-electron chi connectivity index (χ4n) is 2.34. The van der Waals surface area contributed by atoms with E-state index in [-0.39, 0.29) is 5.82 Å². The van der Waals surface area contributed by atoms with Crippen LogP contribution in [-0.2, 0) is 6.42 Å². The third-order valence-corrected chi connectivity index (χ3v) is 3.67. The zero-order chi connectivity index (χ0) is 14.3. The topological polar surface area (TPSA) is 29.3 Å². The second kappa shape index (κ2) is 8.16. The molecule has 0 radical (unpaired) electrons. The molecule has 0 heterocycles. The molecule has 0 bridgehead atoms. The Labute approximate surface area is 116 Å². The van der Waals surface area contributed by atoms with Crippen LogP contribution in [0.3, 0.4) is 0 Å². The summed E-state index contributed by atoms with van der Waals surface area (Å²) in [6, 6.07) is 5.77. The van der Waals surface area contributed by atoms with E-state index in [4.69, 9.17) is 5.73 Å². The van der Waals surface area contributed by atoms with Crippen LogP contribution in [0, 0.1) is 5.82 Å². The molecule has 0 spiro atoms. The molecule has 1 aromatic carbocycles. The first kappa shape index (κ1) is 16.0. The van der Waals surface area contributed by atoms with E-state index < -0.39 is 0 Å². The minimum Gasteiger partial charge on any atom is -0.369 e. The maximum absolute atomic E-state index is 14.0. The minimum atomic E-state index is -0.132. The van der Waals surface area contributed by atoms with Gasteiger partial charge in [0.1, 0.15) is 5.82 Å². The van der Waals surface area contributed by atoms with Crippen molar-refractivity contribution in [3.05, 3.63) is 29.6 Å². The molecule has 2 nitrogen and oxygen atoms in total. The number of rotatable bonds is 8. The van der Waals surface area contributed by atoms with Crippen LogP contribution in [0.15, 0.2) is 18.2 Å². The van der Waals surface area contributed by atoms with Gasteiger partial charge in [-0.15, -0.1) is 0 Å². The number of unbranched alkanes of at least 4 members (excludes halogenated alkanes) is 1. The highest BCUT2D eigenvalue weighted by Crippen LogP contribution is 2.26. The zero-order valence-electron chi connectivity index (χ0n) is 12.5. The summed E-state index contributed by atoms with van der Waals surface area (Å²) in [5.74, 6) is -0.132. The molecule has 108 valence electrons. The van der Waals surface area contributed by atoms with E-state index >= 15 is 0 Å². The molecule has 1 aromatic rings. The predicted molar refractivity (Wildman–Crippen MR) is 81.2 cm³/mol. The Hall–Kier alpha value is -1.09. The number of hydrogen-bond donors (Lipinski definition) is 1. The van der Waals surface area contributed by atoms with Crippen LogP contribution in [0.4, 0.5) is 10.1 Å². The van der Waals surface area contributed by atoms with E-state index in [1.165, 1.54) is 6.07 Å². The summed E-state index contributed by atoms with van der Waals surface area (Å²) >= 11 is 0. The molecule has 0 aliphatic rings. The van der Waals surface area contributed by atoms with Crippen LogP contribution in [0.25, 0.3) is 0 Å². The lowest BCUT2D eigenvalue weighted by molar-refractivity contribution is 0.579. The molecule has 0 amide bonds. The summed E-state index contributed by atoms with van der Waals surface area (Å²) in [6.07, 6.45) is 3.93. The number of nitrogens with two attached hydrogens (primary N) is 1. The molecule has 1 atom stereocenters. The summed E-state index contributed by atoms with van der Waals surface area (Å²) in [5, 5.41) is 0. The van der Waals surface area contributed by atoms with Crippen LogP contribution in [-0.4, -0.2) is 19.1 Å². The van der Waals surface area contributed by atoms with E-state index in [2.05, 4.69) is 25.7 Å². The molecule has 0 saturated heterocycles. The van der Waals surface area contributed by atoms with E-state index in [1.54, 1.807) is 6.07 Å². The molecule has 1 unspecified atom stereocenters. The number of nitrogens with zero attached hydrogens (tertiary/aromatic N) is 1. The van der Waals surface area contributed by atoms with Crippen molar-refractivity contribution in [2.75, 3.05) is 18.0 Å². The van der Waals surface area contributed by atoms with Crippen LogP contribution in [0.1, 0.15) is 45.6 Å². The highest BCUT2D eigenvalue weighted by Gasteiger charge is 2.17. The Morgan fingerprint density at radius 1 is 1.32 bits per heavy atom. The quantitative estimate of drug-likeness (QED) is 0.777. The fraction of sp³-hybridized carbons (Fsp3) is 0.625. The molecule has 2 N–H and O–H groups in total. The smallest absolute Gasteiger partial charge is 0.128 e. The van der Waals surface area contributed by atoms with Crippen molar-refractivity contribution >= 4 is 5.69 Å². The van der Waals surface area contributed by atoms with Gasteiger partial charge in [-0.05, 0) is 44.9 Å². The van der Waals surface area contributed by atoms with Gasteiger partial charge in [-0.2, -0.15) is 0 Å². The van der Waals surface area contributed by atoms with Gasteiger partial charge in [0.05, 0.1) is 0 Å². The van der Waals surface area contributed by atoms with Crippen LogP contribution >= 0.6 is 0 Å². The molecule has 0 aromatic heterocycles. The van der Waals surface area contributed by atoms with Crippen LogP contribution in [0.5, 0.6) is 0 Å². The Bertz CT molecular complexity index is 379. The zero-order valence-corrected chi connectivity index (χ0v) is 12.5. The normalized spacial score (nSPS) is 12.5. The summed E-state index contributed by atoms with van der Waals surface area (Å²) in [7, 11) is 0. The Morgan fingerprint density at radius 3 is 2.63 bits per heavy atom. The number of hydrogen-bond acceptors (Lipinski definition) is 2. The van der Waals surface area contributed by atoms with Crippen LogP contribution in [0.2, 0.25) is 0 Å². The highest BCUT2D eigenvalue weighted by atomic mass is 19.1. The fourth-order valence-corrected chi connectivity index (χ4v) is 2.34. The number of benzene rings is 1. The monoisotopic (exact) mass is 266 g/mol. The third kappa shape index (κ3) is 4.20. The van der Waals surface area contributed by atoms with Gasteiger partial charge < -0.3 is 10.6 Å². The lowest BCUT2D eigenvalue weighted by atomic mass is 10.0. The van der Waals surface area contributed by atoms with Gasteiger partial charge in [0.15, 0.2) is 0 Å². The molecule has 0 aliphatic heterocycles. The minimum absolute atomic E-state index is 0.132. The maximum Gasteiger partial charge on any atom is 0.128 e.